The number of nitrogens with zero attached hydrogens (tertiary/aromatic N) is 2. The van der Waals surface area contributed by atoms with Gasteiger partial charge in [-0.2, -0.15) is 0 Å². The van der Waals surface area contributed by atoms with Gasteiger partial charge < -0.3 is 14.4 Å². The summed E-state index contributed by atoms with van der Waals surface area (Å²) in [6, 6.07) is 5.88. The lowest BCUT2D eigenvalue weighted by molar-refractivity contribution is -0.133. The number of amides is 1. The number of likely N-dealkylation sites (N-methyl/N-ethyl adjacent to an activating group) is 1. The lowest BCUT2D eigenvalue weighted by Gasteiger charge is -2.28. The number of hydrogen-bond donors (Lipinski definition) is 0. The third kappa shape index (κ3) is 4.93. The van der Waals surface area contributed by atoms with Gasteiger partial charge in [0.1, 0.15) is 11.5 Å². The van der Waals surface area contributed by atoms with Gasteiger partial charge in [0.15, 0.2) is 9.84 Å². The molecule has 1 saturated carbocycles. The largest absolute Gasteiger partial charge is 0.497 e. The van der Waals surface area contributed by atoms with Crippen molar-refractivity contribution in [3.8, 4) is 11.5 Å². The molecule has 0 aromatic heterocycles. The monoisotopic (exact) mass is 396 g/mol. The summed E-state index contributed by atoms with van der Waals surface area (Å²) in [4.78, 5) is 16.5. The van der Waals surface area contributed by atoms with Gasteiger partial charge in [-0.05, 0) is 25.3 Å². The zero-order valence-corrected chi connectivity index (χ0v) is 17.0. The minimum Gasteiger partial charge on any atom is -0.497 e. The Balaban J connectivity index is 1.67. The molecule has 1 heterocycles. The molecule has 3 rings (SSSR count). The van der Waals surface area contributed by atoms with Gasteiger partial charge in [-0.1, -0.05) is 6.07 Å². The van der Waals surface area contributed by atoms with E-state index in [4.69, 9.17) is 9.47 Å². The molecule has 1 aromatic carbocycles. The van der Waals surface area contributed by atoms with E-state index in [-0.39, 0.29) is 30.0 Å². The first-order valence-corrected chi connectivity index (χ1v) is 11.1. The van der Waals surface area contributed by atoms with E-state index in [2.05, 4.69) is 4.90 Å². The van der Waals surface area contributed by atoms with Crippen molar-refractivity contribution in [1.29, 1.82) is 0 Å². The maximum Gasteiger partial charge on any atom is 0.236 e. The number of sulfone groups is 1. The highest BCUT2D eigenvalue weighted by molar-refractivity contribution is 7.91. The smallest absolute Gasteiger partial charge is 0.236 e. The number of methoxy groups -OCH3 is 2. The summed E-state index contributed by atoms with van der Waals surface area (Å²) in [6.07, 6.45) is 2.68. The average molecular weight is 397 g/mol. The Kier molecular flexibility index (Phi) is 5.95. The Hall–Kier alpha value is -1.80. The van der Waals surface area contributed by atoms with Crippen LogP contribution >= 0.6 is 0 Å². The van der Waals surface area contributed by atoms with E-state index in [1.165, 1.54) is 0 Å². The molecule has 1 atom stereocenters. The summed E-state index contributed by atoms with van der Waals surface area (Å²) >= 11 is 0. The minimum absolute atomic E-state index is 0.0310. The van der Waals surface area contributed by atoms with Gasteiger partial charge in [0.25, 0.3) is 0 Å². The van der Waals surface area contributed by atoms with Crippen molar-refractivity contribution in [3.63, 3.8) is 0 Å². The van der Waals surface area contributed by atoms with E-state index in [9.17, 15) is 13.2 Å². The molecule has 2 aliphatic rings. The van der Waals surface area contributed by atoms with E-state index in [0.717, 1.165) is 29.9 Å². The van der Waals surface area contributed by atoms with Crippen LogP contribution in [0.5, 0.6) is 11.5 Å². The van der Waals surface area contributed by atoms with Gasteiger partial charge in [0.05, 0.1) is 32.3 Å². The second-order valence-corrected chi connectivity index (χ2v) is 9.60. The predicted octanol–water partition coefficient (Wildman–Crippen LogP) is 1.31. The molecule has 1 aromatic rings. The molecular formula is C19H28N2O5S. The van der Waals surface area contributed by atoms with Gasteiger partial charge in [-0.3, -0.25) is 9.69 Å². The lowest BCUT2D eigenvalue weighted by Crippen LogP contribution is -2.44. The summed E-state index contributed by atoms with van der Waals surface area (Å²) in [5.41, 5.74) is 1.00. The third-order valence-electron chi connectivity index (χ3n) is 5.42. The van der Waals surface area contributed by atoms with Crippen LogP contribution in [0.15, 0.2) is 18.2 Å². The minimum atomic E-state index is -3.01. The summed E-state index contributed by atoms with van der Waals surface area (Å²) in [6.45, 7) is 0.896. The van der Waals surface area contributed by atoms with Crippen molar-refractivity contribution >= 4 is 15.7 Å². The van der Waals surface area contributed by atoms with Crippen LogP contribution in [-0.2, 0) is 21.2 Å². The number of rotatable bonds is 8. The standard InChI is InChI=1S/C19H28N2O5S/c1-20(16-8-9-27(23,24)13-16)19(22)12-21(15-5-6-15)11-14-4-7-17(25-2)10-18(14)26-3/h4,7,10,15-16H,5-6,8-9,11-13H2,1-3H3/t16-/m1/s1. The van der Waals surface area contributed by atoms with Crippen LogP contribution in [0, 0.1) is 0 Å². The molecule has 0 radical (unpaired) electrons. The highest BCUT2D eigenvalue weighted by Gasteiger charge is 2.35. The normalized spacial score (nSPS) is 21.3. The zero-order valence-electron chi connectivity index (χ0n) is 16.2. The molecule has 1 aliphatic heterocycles. The highest BCUT2D eigenvalue weighted by Crippen LogP contribution is 2.32. The Labute approximate surface area is 161 Å². The maximum atomic E-state index is 12.8. The molecular weight excluding hydrogens is 368 g/mol. The number of ether oxygens (including phenoxy) is 2. The SMILES string of the molecule is COc1ccc(CN(CC(=O)N(C)[C@@H]2CCS(=O)(=O)C2)C2CC2)c(OC)c1. The van der Waals surface area contributed by atoms with E-state index in [0.29, 0.717) is 19.0 Å². The first-order valence-electron chi connectivity index (χ1n) is 9.24. The second kappa shape index (κ2) is 8.06. The van der Waals surface area contributed by atoms with Crippen LogP contribution in [0.3, 0.4) is 0 Å². The van der Waals surface area contributed by atoms with Crippen molar-refractivity contribution in [1.82, 2.24) is 9.80 Å². The first kappa shape index (κ1) is 19.9. The molecule has 0 unspecified atom stereocenters. The highest BCUT2D eigenvalue weighted by atomic mass is 32.2. The quantitative estimate of drug-likeness (QED) is 0.660. The summed E-state index contributed by atoms with van der Waals surface area (Å²) in [5, 5.41) is 0. The van der Waals surface area contributed by atoms with Gasteiger partial charge in [-0.15, -0.1) is 0 Å². The average Bonchev–Trinajstić information content (AvgIpc) is 3.43. The van der Waals surface area contributed by atoms with E-state index < -0.39 is 9.84 Å². The fourth-order valence-corrected chi connectivity index (χ4v) is 5.30. The van der Waals surface area contributed by atoms with Gasteiger partial charge >= 0.3 is 0 Å². The van der Waals surface area contributed by atoms with Gasteiger partial charge in [0, 0.05) is 37.3 Å². The van der Waals surface area contributed by atoms with Crippen molar-refractivity contribution in [2.75, 3.05) is 39.3 Å². The van der Waals surface area contributed by atoms with Gasteiger partial charge in [0.2, 0.25) is 5.91 Å². The van der Waals surface area contributed by atoms with Crippen molar-refractivity contribution in [2.24, 2.45) is 0 Å². The molecule has 1 saturated heterocycles. The Morgan fingerprint density at radius 2 is 1.89 bits per heavy atom. The molecule has 7 nitrogen and oxygen atoms in total. The number of benzene rings is 1. The molecule has 1 amide bonds. The van der Waals surface area contributed by atoms with Crippen LogP contribution in [0.1, 0.15) is 24.8 Å². The van der Waals surface area contributed by atoms with Crippen LogP contribution in [0.25, 0.3) is 0 Å². The van der Waals surface area contributed by atoms with Crippen molar-refractivity contribution in [2.45, 2.75) is 37.9 Å². The Morgan fingerprint density at radius 1 is 1.15 bits per heavy atom. The molecule has 150 valence electrons. The molecule has 0 N–H and O–H groups in total. The number of hydrogen-bond acceptors (Lipinski definition) is 6. The topological polar surface area (TPSA) is 76.2 Å². The summed E-state index contributed by atoms with van der Waals surface area (Å²) in [5.74, 6) is 1.68. The molecule has 2 fully saturated rings. The number of carbonyl (C=O) groups is 1. The summed E-state index contributed by atoms with van der Waals surface area (Å²) in [7, 11) is 1.95. The Bertz CT molecular complexity index is 791. The van der Waals surface area contributed by atoms with Crippen LogP contribution in [0.2, 0.25) is 0 Å². The molecule has 1 aliphatic carbocycles. The lowest BCUT2D eigenvalue weighted by atomic mass is 10.1. The third-order valence-corrected chi connectivity index (χ3v) is 7.17. The maximum absolute atomic E-state index is 12.8. The number of carbonyl (C=O) groups excluding carboxylic acids is 1. The second-order valence-electron chi connectivity index (χ2n) is 7.38. The van der Waals surface area contributed by atoms with E-state index in [1.54, 1.807) is 26.2 Å². The van der Waals surface area contributed by atoms with Crippen LogP contribution in [-0.4, -0.2) is 75.5 Å². The summed E-state index contributed by atoms with van der Waals surface area (Å²) < 4.78 is 34.1. The zero-order chi connectivity index (χ0) is 19.6. The fourth-order valence-electron chi connectivity index (χ4n) is 3.52. The van der Waals surface area contributed by atoms with Crippen molar-refractivity contribution in [3.05, 3.63) is 23.8 Å². The van der Waals surface area contributed by atoms with Crippen LogP contribution < -0.4 is 9.47 Å². The van der Waals surface area contributed by atoms with E-state index in [1.807, 2.05) is 18.2 Å². The molecule has 8 heteroatoms. The fraction of sp³-hybridized carbons (Fsp3) is 0.632. The first-order chi connectivity index (χ1) is 12.8. The van der Waals surface area contributed by atoms with Crippen LogP contribution in [0.4, 0.5) is 0 Å². The Morgan fingerprint density at radius 3 is 2.44 bits per heavy atom. The van der Waals surface area contributed by atoms with E-state index >= 15 is 0 Å². The molecule has 27 heavy (non-hydrogen) atoms. The van der Waals surface area contributed by atoms with Crippen molar-refractivity contribution < 1.29 is 22.7 Å². The molecule has 0 spiro atoms. The molecule has 0 bridgehead atoms. The van der Waals surface area contributed by atoms with Gasteiger partial charge in [-0.25, -0.2) is 8.42 Å². The predicted molar refractivity (Wildman–Crippen MR) is 103 cm³/mol.